The number of benzene rings is 3. The molecule has 3 rings (SSSR count). The average molecular weight is 452 g/mol. The molecule has 32 heavy (non-hydrogen) atoms. The van der Waals surface area contributed by atoms with Crippen LogP contribution in [0.3, 0.4) is 0 Å². The highest BCUT2D eigenvalue weighted by atomic mass is 32.2. The van der Waals surface area contributed by atoms with Crippen molar-refractivity contribution < 1.29 is 22.1 Å². The smallest absolute Gasteiger partial charge is 0.339 e. The summed E-state index contributed by atoms with van der Waals surface area (Å²) in [6, 6.07) is 16.9. The van der Waals surface area contributed by atoms with Gasteiger partial charge in [0, 0.05) is 11.8 Å². The molecule has 0 bridgehead atoms. The molecule has 3 aromatic carbocycles. The third kappa shape index (κ3) is 5.56. The minimum atomic E-state index is -4.01. The van der Waals surface area contributed by atoms with Crippen LogP contribution in [0.4, 0.5) is 5.69 Å². The molecular weight excluding hydrogens is 426 g/mol. The lowest BCUT2D eigenvalue weighted by Crippen LogP contribution is -2.10. The first-order valence-corrected chi connectivity index (χ1v) is 11.3. The van der Waals surface area contributed by atoms with Gasteiger partial charge in [0.15, 0.2) is 11.5 Å². The summed E-state index contributed by atoms with van der Waals surface area (Å²) < 4.78 is 35.7. The Balaban J connectivity index is 1.76. The summed E-state index contributed by atoms with van der Waals surface area (Å²) in [7, 11) is -2.59. The van der Waals surface area contributed by atoms with Crippen molar-refractivity contribution in [2.45, 2.75) is 25.7 Å². The maximum absolute atomic E-state index is 12.6. The van der Waals surface area contributed by atoms with Crippen molar-refractivity contribution in [3.63, 3.8) is 0 Å². The molecule has 1 N–H and O–H groups in total. The monoisotopic (exact) mass is 451 g/mol. The van der Waals surface area contributed by atoms with Gasteiger partial charge in [-0.05, 0) is 67.8 Å². The Bertz CT molecular complexity index is 1240. The molecular formula is C25H25NO5S. The van der Waals surface area contributed by atoms with Crippen molar-refractivity contribution in [1.29, 1.82) is 0 Å². The van der Waals surface area contributed by atoms with Crippen LogP contribution in [0.15, 0.2) is 71.6 Å². The van der Waals surface area contributed by atoms with Crippen molar-refractivity contribution >= 4 is 27.8 Å². The van der Waals surface area contributed by atoms with E-state index in [4.69, 9.17) is 8.92 Å². The molecule has 0 saturated heterocycles. The molecule has 0 radical (unpaired) electrons. The van der Waals surface area contributed by atoms with Crippen molar-refractivity contribution in [2.75, 3.05) is 12.4 Å². The predicted octanol–water partition coefficient (Wildman–Crippen LogP) is 5.04. The van der Waals surface area contributed by atoms with Crippen LogP contribution in [-0.4, -0.2) is 21.4 Å². The number of hydrogen-bond donors (Lipinski definition) is 1. The number of rotatable bonds is 7. The number of carbonyl (C=O) groups excluding carboxylic acids is 1. The molecule has 0 aliphatic rings. The van der Waals surface area contributed by atoms with Crippen LogP contribution in [0.25, 0.3) is 6.08 Å². The van der Waals surface area contributed by atoms with Gasteiger partial charge in [-0.25, -0.2) is 0 Å². The van der Waals surface area contributed by atoms with Crippen molar-refractivity contribution in [3.8, 4) is 11.5 Å². The van der Waals surface area contributed by atoms with Crippen molar-refractivity contribution in [3.05, 3.63) is 89.0 Å². The fourth-order valence-corrected chi connectivity index (χ4v) is 4.02. The fourth-order valence-electron chi connectivity index (χ4n) is 3.08. The van der Waals surface area contributed by atoms with E-state index in [9.17, 15) is 13.2 Å². The zero-order valence-corrected chi connectivity index (χ0v) is 19.2. The molecule has 3 aromatic rings. The average Bonchev–Trinajstić information content (AvgIpc) is 2.75. The third-order valence-corrected chi connectivity index (χ3v) is 6.10. The first-order chi connectivity index (χ1) is 15.2. The lowest BCUT2D eigenvalue weighted by Gasteiger charge is -2.12. The summed E-state index contributed by atoms with van der Waals surface area (Å²) in [5.41, 5.74) is 4.33. The third-order valence-electron chi connectivity index (χ3n) is 4.85. The number of methoxy groups -OCH3 is 1. The summed E-state index contributed by atoms with van der Waals surface area (Å²) in [5.74, 6) is 0.0202. The number of aryl methyl sites for hydroxylation is 3. The van der Waals surface area contributed by atoms with E-state index >= 15 is 0 Å². The second-order valence-electron chi connectivity index (χ2n) is 7.35. The molecule has 0 fully saturated rings. The Kier molecular flexibility index (Phi) is 7.00. The number of hydrogen-bond acceptors (Lipinski definition) is 5. The van der Waals surface area contributed by atoms with Crippen LogP contribution in [0.5, 0.6) is 11.5 Å². The van der Waals surface area contributed by atoms with E-state index in [1.54, 1.807) is 30.3 Å². The quantitative estimate of drug-likeness (QED) is 0.402. The molecule has 0 spiro atoms. The molecule has 0 atom stereocenters. The number of nitrogens with one attached hydrogen (secondary N) is 1. The molecule has 0 aliphatic heterocycles. The van der Waals surface area contributed by atoms with Gasteiger partial charge in [0.25, 0.3) is 0 Å². The van der Waals surface area contributed by atoms with Gasteiger partial charge in [-0.1, -0.05) is 42.0 Å². The largest absolute Gasteiger partial charge is 0.493 e. The van der Waals surface area contributed by atoms with Gasteiger partial charge in [0.2, 0.25) is 5.91 Å². The molecule has 166 valence electrons. The lowest BCUT2D eigenvalue weighted by atomic mass is 10.1. The van der Waals surface area contributed by atoms with Crippen LogP contribution in [0.1, 0.15) is 22.3 Å². The van der Waals surface area contributed by atoms with E-state index in [2.05, 4.69) is 5.32 Å². The zero-order chi connectivity index (χ0) is 23.3. The SMILES string of the molecule is COc1cc(/C=C/C(=O)Nc2c(C)cccc2C)ccc1OS(=O)(=O)c1ccc(C)cc1. The number of amides is 1. The highest BCUT2D eigenvalue weighted by Gasteiger charge is 2.19. The van der Waals surface area contributed by atoms with E-state index in [1.807, 2.05) is 39.0 Å². The molecule has 0 heterocycles. The fraction of sp³-hybridized carbons (Fsp3) is 0.160. The zero-order valence-electron chi connectivity index (χ0n) is 18.4. The van der Waals surface area contributed by atoms with Crippen molar-refractivity contribution in [1.82, 2.24) is 0 Å². The van der Waals surface area contributed by atoms with Crippen LogP contribution < -0.4 is 14.2 Å². The summed E-state index contributed by atoms with van der Waals surface area (Å²) in [6.07, 6.45) is 3.02. The Hall–Kier alpha value is -3.58. The van der Waals surface area contributed by atoms with Crippen LogP contribution >= 0.6 is 0 Å². The van der Waals surface area contributed by atoms with Gasteiger partial charge in [-0.15, -0.1) is 0 Å². The summed E-state index contributed by atoms with van der Waals surface area (Å²) in [4.78, 5) is 12.4. The Morgan fingerprint density at radius 2 is 1.56 bits per heavy atom. The number of carbonyl (C=O) groups is 1. The Labute approximate surface area is 188 Å². The second-order valence-corrected chi connectivity index (χ2v) is 8.90. The van der Waals surface area contributed by atoms with Gasteiger partial charge in [-0.3, -0.25) is 4.79 Å². The van der Waals surface area contributed by atoms with E-state index in [0.717, 1.165) is 22.4 Å². The highest BCUT2D eigenvalue weighted by molar-refractivity contribution is 7.87. The van der Waals surface area contributed by atoms with Crippen LogP contribution in [0.2, 0.25) is 0 Å². The molecule has 0 aliphatic carbocycles. The van der Waals surface area contributed by atoms with Gasteiger partial charge in [0.1, 0.15) is 4.90 Å². The molecule has 0 unspecified atom stereocenters. The van der Waals surface area contributed by atoms with Crippen LogP contribution in [0, 0.1) is 20.8 Å². The number of ether oxygens (including phenoxy) is 1. The maximum atomic E-state index is 12.6. The van der Waals surface area contributed by atoms with Gasteiger partial charge in [0.05, 0.1) is 7.11 Å². The number of para-hydroxylation sites is 1. The van der Waals surface area contributed by atoms with Gasteiger partial charge in [-0.2, -0.15) is 8.42 Å². The first kappa shape index (κ1) is 23.1. The molecule has 6 nitrogen and oxygen atoms in total. The highest BCUT2D eigenvalue weighted by Crippen LogP contribution is 2.31. The number of anilines is 1. The Morgan fingerprint density at radius 1 is 0.906 bits per heavy atom. The Morgan fingerprint density at radius 3 is 2.19 bits per heavy atom. The second kappa shape index (κ2) is 9.70. The lowest BCUT2D eigenvalue weighted by molar-refractivity contribution is -0.111. The normalized spacial score (nSPS) is 11.4. The molecule has 1 amide bonds. The minimum absolute atomic E-state index is 0.0531. The topological polar surface area (TPSA) is 81.7 Å². The minimum Gasteiger partial charge on any atom is -0.493 e. The van der Waals surface area contributed by atoms with E-state index in [-0.39, 0.29) is 22.3 Å². The van der Waals surface area contributed by atoms with Crippen LogP contribution in [-0.2, 0) is 14.9 Å². The molecule has 7 heteroatoms. The maximum Gasteiger partial charge on any atom is 0.339 e. The summed E-state index contributed by atoms with van der Waals surface area (Å²) in [6.45, 7) is 5.73. The molecule has 0 aromatic heterocycles. The van der Waals surface area contributed by atoms with E-state index in [1.165, 1.54) is 31.4 Å². The van der Waals surface area contributed by atoms with E-state index < -0.39 is 10.1 Å². The van der Waals surface area contributed by atoms with Gasteiger partial charge < -0.3 is 14.2 Å². The first-order valence-electron chi connectivity index (χ1n) is 9.94. The van der Waals surface area contributed by atoms with Crippen molar-refractivity contribution in [2.24, 2.45) is 0 Å². The van der Waals surface area contributed by atoms with Gasteiger partial charge >= 0.3 is 10.1 Å². The summed E-state index contributed by atoms with van der Waals surface area (Å²) >= 11 is 0. The predicted molar refractivity (Wildman–Crippen MR) is 126 cm³/mol. The van der Waals surface area contributed by atoms with E-state index in [0.29, 0.717) is 5.56 Å². The summed E-state index contributed by atoms with van der Waals surface area (Å²) in [5, 5.41) is 2.88. The molecule has 0 saturated carbocycles. The standard InChI is InChI=1S/C25H25NO5S/c1-17-8-12-21(13-9-17)32(28,29)31-22-14-10-20(16-23(22)30-4)11-15-24(27)26-25-18(2)6-5-7-19(25)3/h5-16H,1-4H3,(H,26,27)/b15-11+.